The fourth-order valence-electron chi connectivity index (χ4n) is 3.28. The van der Waals surface area contributed by atoms with Crippen molar-refractivity contribution in [2.45, 2.75) is 83.3 Å². The first-order valence-electron chi connectivity index (χ1n) is 9.05. The summed E-state index contributed by atoms with van der Waals surface area (Å²) in [5, 5.41) is 0. The fourth-order valence-corrected chi connectivity index (χ4v) is 3.28. The van der Waals surface area contributed by atoms with Crippen LogP contribution in [0.4, 0.5) is 0 Å². The van der Waals surface area contributed by atoms with Gasteiger partial charge in [-0.2, -0.15) is 0 Å². The van der Waals surface area contributed by atoms with Crippen molar-refractivity contribution >= 4 is 11.9 Å². The van der Waals surface area contributed by atoms with Crippen LogP contribution in [0.15, 0.2) is 0 Å². The van der Waals surface area contributed by atoms with Crippen molar-refractivity contribution in [2.24, 2.45) is 5.41 Å². The summed E-state index contributed by atoms with van der Waals surface area (Å²) in [5.74, 6) is -3.66. The minimum atomic E-state index is -1.26. The molecular formula is C18H28O9. The summed E-state index contributed by atoms with van der Waals surface area (Å²) in [6, 6.07) is 0. The Kier molecular flexibility index (Phi) is 5.05. The molecular weight excluding hydrogens is 360 g/mol. The van der Waals surface area contributed by atoms with Gasteiger partial charge in [-0.1, -0.05) is 6.92 Å². The van der Waals surface area contributed by atoms with Crippen molar-refractivity contribution in [1.82, 2.24) is 0 Å². The van der Waals surface area contributed by atoms with Gasteiger partial charge in [0.15, 0.2) is 18.5 Å². The Hall–Kier alpha value is -1.26. The largest absolute Gasteiger partial charge is 0.454 e. The van der Waals surface area contributed by atoms with E-state index in [4.69, 9.17) is 33.2 Å². The molecule has 3 fully saturated rings. The monoisotopic (exact) mass is 388 g/mol. The summed E-state index contributed by atoms with van der Waals surface area (Å²) in [6.45, 7) is 8.71. The van der Waals surface area contributed by atoms with Gasteiger partial charge in [0, 0.05) is 14.2 Å². The summed E-state index contributed by atoms with van der Waals surface area (Å²) in [6.07, 6.45) is -3.81. The van der Waals surface area contributed by atoms with E-state index in [0.717, 1.165) is 0 Å². The van der Waals surface area contributed by atoms with Crippen LogP contribution in [0.1, 0.15) is 41.0 Å². The number of esters is 2. The first-order chi connectivity index (χ1) is 12.5. The lowest BCUT2D eigenvalue weighted by Gasteiger charge is -2.50. The lowest BCUT2D eigenvalue weighted by molar-refractivity contribution is -0.468. The third-order valence-electron chi connectivity index (χ3n) is 5.97. The van der Waals surface area contributed by atoms with Crippen LogP contribution in [0.25, 0.3) is 0 Å². The standard InChI is InChI=1S/C18H28O9/c1-8-16(2,3)15(20)25-11-9-10(23-13(11)19)12-14(24-9)27-18(5,22-7)17(4,21-6)26-12/h9-12,14H,8H2,1-7H3. The van der Waals surface area contributed by atoms with E-state index in [1.54, 1.807) is 27.7 Å². The molecule has 3 aliphatic heterocycles. The smallest absolute Gasteiger partial charge is 0.350 e. The predicted molar refractivity (Wildman–Crippen MR) is 89.3 cm³/mol. The van der Waals surface area contributed by atoms with Crippen LogP contribution < -0.4 is 0 Å². The molecule has 0 aromatic heterocycles. The number of carbonyl (C=O) groups excluding carboxylic acids is 2. The molecule has 27 heavy (non-hydrogen) atoms. The molecule has 3 heterocycles. The van der Waals surface area contributed by atoms with Gasteiger partial charge in [0.2, 0.25) is 17.7 Å². The quantitative estimate of drug-likeness (QED) is 0.642. The van der Waals surface area contributed by atoms with Crippen molar-refractivity contribution in [3.63, 3.8) is 0 Å². The van der Waals surface area contributed by atoms with Crippen LogP contribution in [-0.4, -0.2) is 68.4 Å². The lowest BCUT2D eigenvalue weighted by atomic mass is 9.90. The van der Waals surface area contributed by atoms with Gasteiger partial charge < -0.3 is 33.2 Å². The molecule has 0 saturated carbocycles. The first kappa shape index (κ1) is 20.5. The zero-order valence-electron chi connectivity index (χ0n) is 16.8. The molecule has 9 heteroatoms. The molecule has 7 atom stereocenters. The van der Waals surface area contributed by atoms with E-state index in [0.29, 0.717) is 6.42 Å². The molecule has 3 saturated heterocycles. The molecule has 0 amide bonds. The number of methoxy groups -OCH3 is 2. The summed E-state index contributed by atoms with van der Waals surface area (Å²) in [5.41, 5.74) is -0.722. The van der Waals surface area contributed by atoms with Crippen LogP contribution in [0.2, 0.25) is 0 Å². The Morgan fingerprint density at radius 2 is 1.67 bits per heavy atom. The predicted octanol–water partition coefficient (Wildman–Crippen LogP) is 1.13. The van der Waals surface area contributed by atoms with Gasteiger partial charge in [0.05, 0.1) is 5.41 Å². The topological polar surface area (TPSA) is 98.8 Å². The van der Waals surface area contributed by atoms with Gasteiger partial charge >= 0.3 is 11.9 Å². The Bertz CT molecular complexity index is 620. The number of carbonyl (C=O) groups is 2. The highest BCUT2D eigenvalue weighted by atomic mass is 16.9. The molecule has 3 aliphatic rings. The molecule has 0 N–H and O–H groups in total. The minimum absolute atomic E-state index is 0.489. The first-order valence-corrected chi connectivity index (χ1v) is 9.05. The second-order valence-corrected chi connectivity index (χ2v) is 7.93. The average Bonchev–Trinajstić information content (AvgIpc) is 3.10. The van der Waals surface area contributed by atoms with Crippen molar-refractivity contribution in [2.75, 3.05) is 14.2 Å². The normalized spacial score (nSPS) is 43.8. The molecule has 9 nitrogen and oxygen atoms in total. The number of hydrogen-bond acceptors (Lipinski definition) is 9. The molecule has 3 rings (SSSR count). The van der Waals surface area contributed by atoms with Crippen molar-refractivity contribution in [3.8, 4) is 0 Å². The van der Waals surface area contributed by atoms with Crippen LogP contribution >= 0.6 is 0 Å². The molecule has 0 aliphatic carbocycles. The highest BCUT2D eigenvalue weighted by Gasteiger charge is 2.67. The Labute approximate surface area is 158 Å². The maximum atomic E-state index is 12.4. The summed E-state index contributed by atoms with van der Waals surface area (Å²) in [7, 11) is 2.93. The van der Waals surface area contributed by atoms with E-state index in [-0.39, 0.29) is 0 Å². The fraction of sp³-hybridized carbons (Fsp3) is 0.889. The van der Waals surface area contributed by atoms with Gasteiger partial charge in [-0.05, 0) is 34.1 Å². The summed E-state index contributed by atoms with van der Waals surface area (Å²) < 4.78 is 39.6. The third-order valence-corrected chi connectivity index (χ3v) is 5.97. The maximum absolute atomic E-state index is 12.4. The van der Waals surface area contributed by atoms with E-state index >= 15 is 0 Å². The Morgan fingerprint density at radius 3 is 2.22 bits per heavy atom. The van der Waals surface area contributed by atoms with Crippen molar-refractivity contribution < 1.29 is 42.7 Å². The van der Waals surface area contributed by atoms with Crippen LogP contribution in [0.3, 0.4) is 0 Å². The average molecular weight is 388 g/mol. The number of fused-ring (bicyclic) bond motifs is 3. The van der Waals surface area contributed by atoms with E-state index in [1.165, 1.54) is 14.2 Å². The van der Waals surface area contributed by atoms with Gasteiger partial charge in [-0.3, -0.25) is 4.79 Å². The SMILES string of the molecule is CCC(C)(C)C(=O)OC1C(=O)OC2C3OC(C)(OC)C(C)(OC)OC3OC12. The minimum Gasteiger partial charge on any atom is -0.454 e. The van der Waals surface area contributed by atoms with Gasteiger partial charge in [0.25, 0.3) is 0 Å². The Morgan fingerprint density at radius 1 is 1.07 bits per heavy atom. The number of ether oxygens (including phenoxy) is 7. The molecule has 0 aromatic rings. The number of rotatable bonds is 5. The summed E-state index contributed by atoms with van der Waals surface area (Å²) in [4.78, 5) is 24.7. The molecule has 154 valence electrons. The molecule has 0 bridgehead atoms. The molecule has 0 radical (unpaired) electrons. The van der Waals surface area contributed by atoms with Gasteiger partial charge in [0.1, 0.15) is 6.10 Å². The van der Waals surface area contributed by atoms with E-state index in [9.17, 15) is 9.59 Å². The van der Waals surface area contributed by atoms with Crippen molar-refractivity contribution in [1.29, 1.82) is 0 Å². The summed E-state index contributed by atoms with van der Waals surface area (Å²) >= 11 is 0. The Balaban J connectivity index is 1.80. The lowest BCUT2D eigenvalue weighted by Crippen LogP contribution is -2.65. The van der Waals surface area contributed by atoms with E-state index in [1.807, 2.05) is 6.92 Å². The van der Waals surface area contributed by atoms with Crippen LogP contribution in [0, 0.1) is 5.41 Å². The van der Waals surface area contributed by atoms with Crippen LogP contribution in [-0.2, 0) is 42.7 Å². The molecule has 0 spiro atoms. The third kappa shape index (κ3) is 3.05. The second-order valence-electron chi connectivity index (χ2n) is 7.93. The zero-order chi connectivity index (χ0) is 20.2. The molecule has 7 unspecified atom stereocenters. The maximum Gasteiger partial charge on any atom is 0.350 e. The zero-order valence-corrected chi connectivity index (χ0v) is 16.8. The van der Waals surface area contributed by atoms with Crippen LogP contribution in [0.5, 0.6) is 0 Å². The van der Waals surface area contributed by atoms with Gasteiger partial charge in [-0.25, -0.2) is 4.79 Å². The molecule has 0 aromatic carbocycles. The highest BCUT2D eigenvalue weighted by molar-refractivity contribution is 5.84. The highest BCUT2D eigenvalue weighted by Crippen LogP contribution is 2.46. The second kappa shape index (κ2) is 6.66. The van der Waals surface area contributed by atoms with Gasteiger partial charge in [-0.15, -0.1) is 0 Å². The number of hydrogen-bond donors (Lipinski definition) is 0. The van der Waals surface area contributed by atoms with E-state index in [2.05, 4.69) is 0 Å². The van der Waals surface area contributed by atoms with E-state index < -0.39 is 59.6 Å². The van der Waals surface area contributed by atoms with Crippen molar-refractivity contribution in [3.05, 3.63) is 0 Å².